The first-order chi connectivity index (χ1) is 9.40. The first-order valence-electron chi connectivity index (χ1n) is 5.82. The Kier molecular flexibility index (Phi) is 3.43. The quantitative estimate of drug-likeness (QED) is 0.675. The van der Waals surface area contributed by atoms with Crippen LogP contribution in [0.1, 0.15) is 32.1 Å². The smallest absolute Gasteiger partial charge is 0.339 e. The average Bonchev–Trinajstić information content (AvgIpc) is 2.70. The molecule has 1 amide bonds. The Morgan fingerprint density at radius 2 is 1.95 bits per heavy atom. The summed E-state index contributed by atoms with van der Waals surface area (Å²) < 4.78 is 0. The number of aromatic amines is 2. The van der Waals surface area contributed by atoms with Gasteiger partial charge in [0.1, 0.15) is 11.1 Å². The molecule has 0 bridgehead atoms. The molecule has 20 heavy (non-hydrogen) atoms. The average molecular weight is 275 g/mol. The van der Waals surface area contributed by atoms with Gasteiger partial charge in [-0.15, -0.1) is 0 Å². The number of hydrogen-bond donors (Lipinski definition) is 4. The molecule has 104 valence electrons. The summed E-state index contributed by atoms with van der Waals surface area (Å²) in [6.07, 6.45) is 1.37. The lowest BCUT2D eigenvalue weighted by Crippen LogP contribution is -2.23. The van der Waals surface area contributed by atoms with E-state index >= 15 is 0 Å². The van der Waals surface area contributed by atoms with E-state index in [1.165, 1.54) is 12.3 Å². The number of rotatable bonds is 3. The zero-order valence-electron chi connectivity index (χ0n) is 10.9. The van der Waals surface area contributed by atoms with Crippen LogP contribution in [0.4, 0.5) is 5.69 Å². The highest BCUT2D eigenvalue weighted by molar-refractivity contribution is 6.07. The third-order valence-electron chi connectivity index (χ3n) is 2.84. The SMILES string of the molecule is Cc1ccc(C(=O)Nc2c[nH]c(C)c2C(=O)O)c(=O)[nH]1. The molecule has 0 aliphatic carbocycles. The van der Waals surface area contributed by atoms with Crippen LogP contribution < -0.4 is 10.9 Å². The van der Waals surface area contributed by atoms with Gasteiger partial charge >= 0.3 is 5.97 Å². The normalized spacial score (nSPS) is 10.3. The van der Waals surface area contributed by atoms with E-state index in [1.807, 2.05) is 0 Å². The fraction of sp³-hybridized carbons (Fsp3) is 0.154. The minimum atomic E-state index is -1.16. The van der Waals surface area contributed by atoms with Crippen LogP contribution in [-0.2, 0) is 0 Å². The topological polar surface area (TPSA) is 115 Å². The first kappa shape index (κ1) is 13.6. The van der Waals surface area contributed by atoms with Crippen LogP contribution in [0.2, 0.25) is 0 Å². The Balaban J connectivity index is 2.33. The van der Waals surface area contributed by atoms with Crippen LogP contribution in [0.3, 0.4) is 0 Å². The van der Waals surface area contributed by atoms with Gasteiger partial charge in [-0.2, -0.15) is 0 Å². The number of nitrogens with one attached hydrogen (secondary N) is 3. The molecule has 0 aliphatic heterocycles. The molecule has 2 aromatic heterocycles. The van der Waals surface area contributed by atoms with Gasteiger partial charge in [0.15, 0.2) is 0 Å². The molecule has 2 heterocycles. The number of aromatic nitrogens is 2. The molecule has 0 saturated carbocycles. The predicted molar refractivity (Wildman–Crippen MR) is 72.2 cm³/mol. The Labute approximate surface area is 113 Å². The number of carboxylic acid groups (broad SMARTS) is 1. The molecule has 0 unspecified atom stereocenters. The number of H-pyrrole nitrogens is 2. The zero-order chi connectivity index (χ0) is 14.9. The summed E-state index contributed by atoms with van der Waals surface area (Å²) in [5.41, 5.74) is 0.556. The largest absolute Gasteiger partial charge is 0.478 e. The Morgan fingerprint density at radius 3 is 2.55 bits per heavy atom. The second kappa shape index (κ2) is 5.04. The molecule has 7 nitrogen and oxygen atoms in total. The molecular formula is C13H13N3O4. The lowest BCUT2D eigenvalue weighted by molar-refractivity contribution is 0.0697. The molecule has 2 rings (SSSR count). The maximum atomic E-state index is 12.0. The number of carboxylic acids is 1. The van der Waals surface area contributed by atoms with Crippen LogP contribution in [0.5, 0.6) is 0 Å². The van der Waals surface area contributed by atoms with E-state index in [0.29, 0.717) is 11.4 Å². The summed E-state index contributed by atoms with van der Waals surface area (Å²) in [5, 5.41) is 11.5. The molecule has 4 N–H and O–H groups in total. The van der Waals surface area contributed by atoms with Crippen LogP contribution in [0.15, 0.2) is 23.1 Å². The number of anilines is 1. The van der Waals surface area contributed by atoms with E-state index < -0.39 is 17.4 Å². The van der Waals surface area contributed by atoms with Crippen LogP contribution >= 0.6 is 0 Å². The van der Waals surface area contributed by atoms with Crippen LogP contribution in [0, 0.1) is 13.8 Å². The van der Waals surface area contributed by atoms with Gasteiger partial charge in [-0.3, -0.25) is 9.59 Å². The number of amides is 1. The minimum absolute atomic E-state index is 0.0260. The van der Waals surface area contributed by atoms with Gasteiger partial charge in [-0.05, 0) is 26.0 Å². The summed E-state index contributed by atoms with van der Waals surface area (Å²) in [4.78, 5) is 40.0. The maximum absolute atomic E-state index is 12.0. The van der Waals surface area contributed by atoms with Gasteiger partial charge in [0.2, 0.25) is 0 Å². The lowest BCUT2D eigenvalue weighted by Gasteiger charge is -2.04. The van der Waals surface area contributed by atoms with Crippen molar-refractivity contribution >= 4 is 17.6 Å². The lowest BCUT2D eigenvalue weighted by atomic mass is 10.2. The highest BCUT2D eigenvalue weighted by Gasteiger charge is 2.18. The van der Waals surface area contributed by atoms with Gasteiger partial charge in [0.25, 0.3) is 11.5 Å². The first-order valence-corrected chi connectivity index (χ1v) is 5.82. The number of carbonyl (C=O) groups excluding carboxylic acids is 1. The fourth-order valence-electron chi connectivity index (χ4n) is 1.84. The molecular weight excluding hydrogens is 262 g/mol. The summed E-state index contributed by atoms with van der Waals surface area (Å²) in [5.74, 6) is -1.82. The fourth-order valence-corrected chi connectivity index (χ4v) is 1.84. The summed E-state index contributed by atoms with van der Waals surface area (Å²) in [6.45, 7) is 3.28. The Morgan fingerprint density at radius 1 is 1.25 bits per heavy atom. The van der Waals surface area contributed by atoms with Crippen molar-refractivity contribution in [2.45, 2.75) is 13.8 Å². The minimum Gasteiger partial charge on any atom is -0.478 e. The summed E-state index contributed by atoms with van der Waals surface area (Å²) >= 11 is 0. The van der Waals surface area contributed by atoms with E-state index in [4.69, 9.17) is 5.11 Å². The van der Waals surface area contributed by atoms with Crippen molar-refractivity contribution in [2.24, 2.45) is 0 Å². The van der Waals surface area contributed by atoms with E-state index in [-0.39, 0.29) is 16.8 Å². The van der Waals surface area contributed by atoms with Crippen LogP contribution in [-0.4, -0.2) is 27.0 Å². The number of aromatic carboxylic acids is 1. The molecule has 0 spiro atoms. The Bertz CT molecular complexity index is 742. The molecule has 0 saturated heterocycles. The van der Waals surface area contributed by atoms with Gasteiger partial charge in [0, 0.05) is 17.6 Å². The number of carbonyl (C=O) groups is 2. The summed E-state index contributed by atoms with van der Waals surface area (Å²) in [6, 6.07) is 2.99. The van der Waals surface area contributed by atoms with Crippen molar-refractivity contribution < 1.29 is 14.7 Å². The highest BCUT2D eigenvalue weighted by Crippen LogP contribution is 2.19. The zero-order valence-corrected chi connectivity index (χ0v) is 10.9. The maximum Gasteiger partial charge on any atom is 0.339 e. The van der Waals surface area contributed by atoms with E-state index in [1.54, 1.807) is 19.9 Å². The predicted octanol–water partition coefficient (Wildman–Crippen LogP) is 1.27. The second-order valence-corrected chi connectivity index (χ2v) is 4.35. The van der Waals surface area contributed by atoms with Crippen LogP contribution in [0.25, 0.3) is 0 Å². The van der Waals surface area contributed by atoms with E-state index in [2.05, 4.69) is 15.3 Å². The molecule has 0 fully saturated rings. The van der Waals surface area contributed by atoms with Crippen molar-refractivity contribution in [3.05, 3.63) is 51.2 Å². The molecule has 2 aromatic rings. The molecule has 0 atom stereocenters. The van der Waals surface area contributed by atoms with Gasteiger partial charge in [-0.25, -0.2) is 4.79 Å². The van der Waals surface area contributed by atoms with Gasteiger partial charge in [0.05, 0.1) is 5.69 Å². The van der Waals surface area contributed by atoms with E-state index in [0.717, 1.165) is 0 Å². The number of pyridine rings is 1. The van der Waals surface area contributed by atoms with Gasteiger partial charge < -0.3 is 20.4 Å². The van der Waals surface area contributed by atoms with Crippen molar-refractivity contribution in [2.75, 3.05) is 5.32 Å². The molecule has 0 aromatic carbocycles. The van der Waals surface area contributed by atoms with Crippen molar-refractivity contribution in [3.63, 3.8) is 0 Å². The van der Waals surface area contributed by atoms with Crippen molar-refractivity contribution in [1.29, 1.82) is 0 Å². The molecule has 0 aliphatic rings. The van der Waals surface area contributed by atoms with Crippen molar-refractivity contribution in [3.8, 4) is 0 Å². The number of aryl methyl sites for hydroxylation is 2. The summed E-state index contributed by atoms with van der Waals surface area (Å²) in [7, 11) is 0. The third kappa shape index (κ3) is 2.46. The van der Waals surface area contributed by atoms with E-state index in [9.17, 15) is 14.4 Å². The number of hydrogen-bond acceptors (Lipinski definition) is 3. The monoisotopic (exact) mass is 275 g/mol. The molecule has 0 radical (unpaired) electrons. The standard InChI is InChI=1S/C13H13N3O4/c1-6-3-4-8(11(17)15-6)12(18)16-9-5-14-7(2)10(9)13(19)20/h3-5,14H,1-2H3,(H,15,17)(H,16,18)(H,19,20). The van der Waals surface area contributed by atoms with Gasteiger partial charge in [-0.1, -0.05) is 0 Å². The highest BCUT2D eigenvalue weighted by atomic mass is 16.4. The second-order valence-electron chi connectivity index (χ2n) is 4.35. The third-order valence-corrected chi connectivity index (χ3v) is 2.84. The van der Waals surface area contributed by atoms with Crippen molar-refractivity contribution in [1.82, 2.24) is 9.97 Å². The Hall–Kier alpha value is -2.83. The molecule has 7 heteroatoms.